The topological polar surface area (TPSA) is 41.6 Å². The minimum atomic E-state index is -0.0545. The number of hydrogen-bond acceptors (Lipinski definition) is 3. The SMILES string of the molecule is CN(C)C(=O)C1CC(c2ccc(OC3CC3)cc2)CCN1. The molecule has 0 spiro atoms. The molecule has 1 aliphatic heterocycles. The van der Waals surface area contributed by atoms with E-state index in [-0.39, 0.29) is 11.9 Å². The summed E-state index contributed by atoms with van der Waals surface area (Å²) in [5.74, 6) is 1.60. The number of nitrogens with one attached hydrogen (secondary N) is 1. The van der Waals surface area contributed by atoms with Crippen LogP contribution in [0.1, 0.15) is 37.2 Å². The molecule has 1 aliphatic carbocycles. The lowest BCUT2D eigenvalue weighted by molar-refractivity contribution is -0.131. The standard InChI is InChI=1S/C17H24N2O2/c1-19(2)17(20)16-11-13(9-10-18-16)12-3-5-14(6-4-12)21-15-7-8-15/h3-6,13,15-16,18H,7-11H2,1-2H3. The second kappa shape index (κ2) is 6.06. The maximum atomic E-state index is 12.1. The van der Waals surface area contributed by atoms with Crippen molar-refractivity contribution < 1.29 is 9.53 Å². The monoisotopic (exact) mass is 288 g/mol. The van der Waals surface area contributed by atoms with Gasteiger partial charge in [-0.1, -0.05) is 12.1 Å². The molecule has 114 valence electrons. The normalized spacial score (nSPS) is 25.4. The van der Waals surface area contributed by atoms with Gasteiger partial charge in [0, 0.05) is 14.1 Å². The average Bonchev–Trinajstić information content (AvgIpc) is 3.31. The molecule has 1 aromatic rings. The van der Waals surface area contributed by atoms with Crippen LogP contribution in [0.2, 0.25) is 0 Å². The van der Waals surface area contributed by atoms with Crippen LogP contribution in [-0.2, 0) is 4.79 Å². The summed E-state index contributed by atoms with van der Waals surface area (Å²) >= 11 is 0. The molecule has 4 nitrogen and oxygen atoms in total. The Morgan fingerprint density at radius 2 is 1.90 bits per heavy atom. The molecular formula is C17H24N2O2. The third-order valence-electron chi connectivity index (χ3n) is 4.32. The van der Waals surface area contributed by atoms with Crippen LogP contribution in [0.25, 0.3) is 0 Å². The Hall–Kier alpha value is -1.55. The van der Waals surface area contributed by atoms with Gasteiger partial charge in [0.05, 0.1) is 12.1 Å². The predicted octanol–water partition coefficient (Wildman–Crippen LogP) is 2.15. The zero-order valence-corrected chi connectivity index (χ0v) is 12.8. The van der Waals surface area contributed by atoms with Gasteiger partial charge in [0.25, 0.3) is 0 Å². The van der Waals surface area contributed by atoms with E-state index in [0.717, 1.165) is 25.1 Å². The number of carbonyl (C=O) groups is 1. The van der Waals surface area contributed by atoms with Crippen LogP contribution >= 0.6 is 0 Å². The van der Waals surface area contributed by atoms with Crippen LogP contribution in [0, 0.1) is 0 Å². The van der Waals surface area contributed by atoms with Crippen molar-refractivity contribution in [3.05, 3.63) is 29.8 Å². The molecule has 0 bridgehead atoms. The fraction of sp³-hybridized carbons (Fsp3) is 0.588. The number of amides is 1. The number of benzene rings is 1. The van der Waals surface area contributed by atoms with E-state index in [1.807, 2.05) is 14.1 Å². The molecule has 21 heavy (non-hydrogen) atoms. The highest BCUT2D eigenvalue weighted by molar-refractivity contribution is 5.81. The van der Waals surface area contributed by atoms with Gasteiger partial charge in [0.1, 0.15) is 5.75 Å². The summed E-state index contributed by atoms with van der Waals surface area (Å²) in [5, 5.41) is 3.33. The van der Waals surface area contributed by atoms with Crippen molar-refractivity contribution in [2.24, 2.45) is 0 Å². The zero-order valence-electron chi connectivity index (χ0n) is 12.8. The van der Waals surface area contributed by atoms with E-state index >= 15 is 0 Å². The number of nitrogens with zero attached hydrogens (tertiary/aromatic N) is 1. The summed E-state index contributed by atoms with van der Waals surface area (Å²) in [4.78, 5) is 13.8. The Morgan fingerprint density at radius 3 is 2.52 bits per heavy atom. The van der Waals surface area contributed by atoms with Crippen LogP contribution in [0.5, 0.6) is 5.75 Å². The average molecular weight is 288 g/mol. The van der Waals surface area contributed by atoms with Crippen LogP contribution in [0.15, 0.2) is 24.3 Å². The van der Waals surface area contributed by atoms with Gasteiger partial charge in [-0.05, 0) is 55.8 Å². The summed E-state index contributed by atoms with van der Waals surface area (Å²) in [5.41, 5.74) is 1.32. The largest absolute Gasteiger partial charge is 0.490 e. The van der Waals surface area contributed by atoms with Crippen molar-refractivity contribution in [1.29, 1.82) is 0 Å². The van der Waals surface area contributed by atoms with Crippen molar-refractivity contribution in [3.63, 3.8) is 0 Å². The smallest absolute Gasteiger partial charge is 0.239 e. The molecule has 1 saturated carbocycles. The molecule has 1 N–H and O–H groups in total. The molecule has 0 aromatic heterocycles. The lowest BCUT2D eigenvalue weighted by atomic mass is 9.86. The first-order valence-electron chi connectivity index (χ1n) is 7.84. The molecule has 3 rings (SSSR count). The van der Waals surface area contributed by atoms with Crippen molar-refractivity contribution in [2.75, 3.05) is 20.6 Å². The summed E-state index contributed by atoms with van der Waals surface area (Å²) in [6.45, 7) is 0.898. The highest BCUT2D eigenvalue weighted by atomic mass is 16.5. The maximum absolute atomic E-state index is 12.1. The second-order valence-corrected chi connectivity index (χ2v) is 6.35. The van der Waals surface area contributed by atoms with E-state index in [9.17, 15) is 4.79 Å². The fourth-order valence-corrected chi connectivity index (χ4v) is 2.92. The molecular weight excluding hydrogens is 264 g/mol. The van der Waals surface area contributed by atoms with Crippen LogP contribution in [0.3, 0.4) is 0 Å². The summed E-state index contributed by atoms with van der Waals surface area (Å²) in [6, 6.07) is 8.40. The third kappa shape index (κ3) is 3.56. The molecule has 0 radical (unpaired) electrons. The molecule has 4 heteroatoms. The molecule has 2 fully saturated rings. The molecule has 2 aliphatic rings. The number of carbonyl (C=O) groups excluding carboxylic acids is 1. The number of hydrogen-bond donors (Lipinski definition) is 1. The van der Waals surface area contributed by atoms with Gasteiger partial charge in [0.15, 0.2) is 0 Å². The summed E-state index contributed by atoms with van der Waals surface area (Å²) in [6.07, 6.45) is 4.77. The van der Waals surface area contributed by atoms with Gasteiger partial charge in [0.2, 0.25) is 5.91 Å². The van der Waals surface area contributed by atoms with Crippen molar-refractivity contribution in [3.8, 4) is 5.75 Å². The Morgan fingerprint density at radius 1 is 1.19 bits per heavy atom. The summed E-state index contributed by atoms with van der Waals surface area (Å²) in [7, 11) is 3.63. The van der Waals surface area contributed by atoms with Gasteiger partial charge in [-0.2, -0.15) is 0 Å². The fourth-order valence-electron chi connectivity index (χ4n) is 2.92. The predicted molar refractivity (Wildman–Crippen MR) is 82.6 cm³/mol. The third-order valence-corrected chi connectivity index (χ3v) is 4.32. The van der Waals surface area contributed by atoms with E-state index in [1.54, 1.807) is 4.90 Å². The Kier molecular flexibility index (Phi) is 4.15. The van der Waals surface area contributed by atoms with Gasteiger partial charge in [-0.15, -0.1) is 0 Å². The number of rotatable bonds is 4. The Balaban J connectivity index is 1.63. The first-order chi connectivity index (χ1) is 10.1. The first-order valence-corrected chi connectivity index (χ1v) is 7.84. The van der Waals surface area contributed by atoms with Crippen molar-refractivity contribution in [2.45, 2.75) is 43.7 Å². The van der Waals surface area contributed by atoms with Crippen LogP contribution < -0.4 is 10.1 Å². The molecule has 2 atom stereocenters. The second-order valence-electron chi connectivity index (χ2n) is 6.35. The van der Waals surface area contributed by atoms with Crippen LogP contribution in [0.4, 0.5) is 0 Å². The lowest BCUT2D eigenvalue weighted by Gasteiger charge is -2.31. The van der Waals surface area contributed by atoms with Crippen molar-refractivity contribution >= 4 is 5.91 Å². The molecule has 2 unspecified atom stereocenters. The van der Waals surface area contributed by atoms with Gasteiger partial charge < -0.3 is 15.0 Å². The highest BCUT2D eigenvalue weighted by Gasteiger charge is 2.29. The number of ether oxygens (including phenoxy) is 1. The van der Waals surface area contributed by atoms with E-state index in [2.05, 4.69) is 29.6 Å². The van der Waals surface area contributed by atoms with Gasteiger partial charge in [-0.3, -0.25) is 4.79 Å². The minimum Gasteiger partial charge on any atom is -0.490 e. The first kappa shape index (κ1) is 14.4. The molecule has 1 aromatic carbocycles. The molecule has 1 heterocycles. The summed E-state index contributed by atoms with van der Waals surface area (Å²) < 4.78 is 5.79. The number of piperidine rings is 1. The lowest BCUT2D eigenvalue weighted by Crippen LogP contribution is -2.47. The zero-order chi connectivity index (χ0) is 14.8. The maximum Gasteiger partial charge on any atom is 0.239 e. The highest BCUT2D eigenvalue weighted by Crippen LogP contribution is 2.31. The van der Waals surface area contributed by atoms with Crippen molar-refractivity contribution in [1.82, 2.24) is 10.2 Å². The van der Waals surface area contributed by atoms with Gasteiger partial charge >= 0.3 is 0 Å². The van der Waals surface area contributed by atoms with Gasteiger partial charge in [-0.25, -0.2) is 0 Å². The van der Waals surface area contributed by atoms with E-state index in [0.29, 0.717) is 12.0 Å². The van der Waals surface area contributed by atoms with E-state index in [4.69, 9.17) is 4.74 Å². The van der Waals surface area contributed by atoms with Crippen LogP contribution in [-0.4, -0.2) is 43.6 Å². The molecule has 1 amide bonds. The number of likely N-dealkylation sites (N-methyl/N-ethyl adjacent to an activating group) is 1. The minimum absolute atomic E-state index is 0.0545. The van der Waals surface area contributed by atoms with E-state index in [1.165, 1.54) is 18.4 Å². The Labute approximate surface area is 126 Å². The quantitative estimate of drug-likeness (QED) is 0.923. The van der Waals surface area contributed by atoms with E-state index < -0.39 is 0 Å². The Bertz CT molecular complexity index is 494. The molecule has 1 saturated heterocycles.